The van der Waals surface area contributed by atoms with Crippen molar-refractivity contribution in [2.75, 3.05) is 7.11 Å². The average Bonchev–Trinajstić information content (AvgIpc) is 2.47. The van der Waals surface area contributed by atoms with Crippen molar-refractivity contribution in [1.29, 1.82) is 0 Å². The van der Waals surface area contributed by atoms with E-state index in [1.165, 1.54) is 19.2 Å². The minimum absolute atomic E-state index is 0.0763. The normalized spacial score (nSPS) is 10.0. The van der Waals surface area contributed by atoms with Gasteiger partial charge in [-0.05, 0) is 31.2 Å². The van der Waals surface area contributed by atoms with E-state index in [0.717, 1.165) is 5.56 Å². The number of amides is 1. The molecule has 0 radical (unpaired) electrons. The van der Waals surface area contributed by atoms with Crippen molar-refractivity contribution >= 4 is 11.9 Å². The van der Waals surface area contributed by atoms with Gasteiger partial charge in [0.25, 0.3) is 5.91 Å². The minimum atomic E-state index is -0.677. The van der Waals surface area contributed by atoms with Gasteiger partial charge in [-0.2, -0.15) is 0 Å². The van der Waals surface area contributed by atoms with Crippen LogP contribution in [-0.4, -0.2) is 19.0 Å². The molecule has 1 amide bonds. The van der Waals surface area contributed by atoms with Crippen LogP contribution in [0.15, 0.2) is 42.5 Å². The van der Waals surface area contributed by atoms with E-state index in [1.807, 2.05) is 6.92 Å². The van der Waals surface area contributed by atoms with Crippen molar-refractivity contribution in [3.8, 4) is 11.5 Å². The van der Waals surface area contributed by atoms with Crippen molar-refractivity contribution in [2.45, 2.75) is 6.92 Å². The largest absolute Gasteiger partial charge is 0.497 e. The quantitative estimate of drug-likeness (QED) is 0.690. The lowest BCUT2D eigenvalue weighted by atomic mass is 10.1. The van der Waals surface area contributed by atoms with Gasteiger partial charge >= 0.3 is 5.97 Å². The number of rotatable bonds is 4. The number of esters is 1. The maximum atomic E-state index is 12.1. The zero-order valence-electron chi connectivity index (χ0n) is 11.8. The van der Waals surface area contributed by atoms with Crippen LogP contribution in [0.25, 0.3) is 0 Å². The Morgan fingerprint density at radius 3 is 2.29 bits per heavy atom. The molecule has 2 aromatic rings. The lowest BCUT2D eigenvalue weighted by Crippen LogP contribution is -2.16. The molecule has 0 aliphatic carbocycles. The van der Waals surface area contributed by atoms with Crippen LogP contribution < -0.4 is 15.2 Å². The summed E-state index contributed by atoms with van der Waals surface area (Å²) in [6.07, 6.45) is 0. The zero-order valence-corrected chi connectivity index (χ0v) is 11.8. The first-order valence-electron chi connectivity index (χ1n) is 6.28. The van der Waals surface area contributed by atoms with Crippen LogP contribution >= 0.6 is 0 Å². The highest BCUT2D eigenvalue weighted by molar-refractivity contribution is 5.98. The summed E-state index contributed by atoms with van der Waals surface area (Å²) in [5.41, 5.74) is 6.81. The van der Waals surface area contributed by atoms with Crippen LogP contribution in [0.5, 0.6) is 11.5 Å². The summed E-state index contributed by atoms with van der Waals surface area (Å²) in [6.45, 7) is 1.92. The van der Waals surface area contributed by atoms with E-state index in [-0.39, 0.29) is 11.3 Å². The van der Waals surface area contributed by atoms with Crippen molar-refractivity contribution in [1.82, 2.24) is 0 Å². The summed E-state index contributed by atoms with van der Waals surface area (Å²) in [7, 11) is 1.48. The van der Waals surface area contributed by atoms with Gasteiger partial charge in [0, 0.05) is 6.07 Å². The zero-order chi connectivity index (χ0) is 15.4. The van der Waals surface area contributed by atoms with E-state index < -0.39 is 11.9 Å². The summed E-state index contributed by atoms with van der Waals surface area (Å²) in [6, 6.07) is 11.4. The molecule has 108 valence electrons. The Bertz CT molecular complexity index is 677. The molecule has 0 aromatic heterocycles. The molecule has 0 heterocycles. The van der Waals surface area contributed by atoms with Crippen LogP contribution in [0.2, 0.25) is 0 Å². The Morgan fingerprint density at radius 1 is 1.05 bits per heavy atom. The van der Waals surface area contributed by atoms with Gasteiger partial charge in [-0.25, -0.2) is 4.79 Å². The van der Waals surface area contributed by atoms with Crippen molar-refractivity contribution in [3.05, 3.63) is 59.2 Å². The van der Waals surface area contributed by atoms with Crippen molar-refractivity contribution in [2.24, 2.45) is 5.73 Å². The fourth-order valence-electron chi connectivity index (χ4n) is 1.77. The number of ether oxygens (including phenoxy) is 2. The fourth-order valence-corrected chi connectivity index (χ4v) is 1.77. The first kappa shape index (κ1) is 14.6. The Kier molecular flexibility index (Phi) is 4.23. The number of carbonyl (C=O) groups is 2. The number of carbonyl (C=O) groups excluding carboxylic acids is 2. The third kappa shape index (κ3) is 3.39. The lowest BCUT2D eigenvalue weighted by Gasteiger charge is -2.10. The van der Waals surface area contributed by atoms with Gasteiger partial charge in [0.1, 0.15) is 11.5 Å². The second-order valence-corrected chi connectivity index (χ2v) is 4.48. The Morgan fingerprint density at radius 2 is 1.71 bits per heavy atom. The molecule has 0 aliphatic rings. The summed E-state index contributed by atoms with van der Waals surface area (Å²) in [5, 5.41) is 0. The standard InChI is InChI=1S/C16H15NO4/c1-10-3-5-11(6-4-10)16(19)21-14-9-12(20-2)7-8-13(14)15(17)18/h3-9H,1-2H3,(H2,17,18). The van der Waals surface area contributed by atoms with E-state index >= 15 is 0 Å². The molecule has 0 saturated heterocycles. The minimum Gasteiger partial charge on any atom is -0.497 e. The fraction of sp³-hybridized carbons (Fsp3) is 0.125. The molecule has 5 heteroatoms. The average molecular weight is 285 g/mol. The summed E-state index contributed by atoms with van der Waals surface area (Å²) in [5.74, 6) is -0.700. The molecule has 0 saturated carbocycles. The first-order chi connectivity index (χ1) is 10.0. The summed E-state index contributed by atoms with van der Waals surface area (Å²) >= 11 is 0. The Hall–Kier alpha value is -2.82. The number of nitrogens with two attached hydrogens (primary N) is 1. The van der Waals surface area contributed by atoms with Gasteiger partial charge in [0.2, 0.25) is 0 Å². The maximum absolute atomic E-state index is 12.1. The molecule has 2 N–H and O–H groups in total. The van der Waals surface area contributed by atoms with Gasteiger partial charge in [0.15, 0.2) is 0 Å². The van der Waals surface area contributed by atoms with Crippen LogP contribution in [-0.2, 0) is 0 Å². The van der Waals surface area contributed by atoms with Crippen molar-refractivity contribution < 1.29 is 19.1 Å². The van der Waals surface area contributed by atoms with Crippen molar-refractivity contribution in [3.63, 3.8) is 0 Å². The molecule has 0 spiro atoms. The van der Waals surface area contributed by atoms with Gasteiger partial charge < -0.3 is 15.2 Å². The van der Waals surface area contributed by atoms with E-state index in [2.05, 4.69) is 0 Å². The predicted molar refractivity (Wildman–Crippen MR) is 77.6 cm³/mol. The molecule has 0 bridgehead atoms. The molecule has 21 heavy (non-hydrogen) atoms. The second-order valence-electron chi connectivity index (χ2n) is 4.48. The third-order valence-electron chi connectivity index (χ3n) is 2.94. The molecule has 2 aromatic carbocycles. The third-order valence-corrected chi connectivity index (χ3v) is 2.94. The molecular formula is C16H15NO4. The summed E-state index contributed by atoms with van der Waals surface area (Å²) in [4.78, 5) is 23.5. The first-order valence-corrected chi connectivity index (χ1v) is 6.28. The van der Waals surface area contributed by atoms with E-state index in [1.54, 1.807) is 30.3 Å². The van der Waals surface area contributed by atoms with Crippen LogP contribution in [0.1, 0.15) is 26.3 Å². The highest BCUT2D eigenvalue weighted by Crippen LogP contribution is 2.25. The van der Waals surface area contributed by atoms with Gasteiger partial charge in [-0.15, -0.1) is 0 Å². The number of hydrogen-bond acceptors (Lipinski definition) is 4. The highest BCUT2D eigenvalue weighted by Gasteiger charge is 2.15. The molecular weight excluding hydrogens is 270 g/mol. The van der Waals surface area contributed by atoms with Gasteiger partial charge in [-0.1, -0.05) is 17.7 Å². The van der Waals surface area contributed by atoms with Gasteiger partial charge in [-0.3, -0.25) is 4.79 Å². The SMILES string of the molecule is COc1ccc(C(N)=O)c(OC(=O)c2ccc(C)cc2)c1. The van der Waals surface area contributed by atoms with Gasteiger partial charge in [0.05, 0.1) is 18.2 Å². The van der Waals surface area contributed by atoms with E-state index in [9.17, 15) is 9.59 Å². The Balaban J connectivity index is 2.31. The second kappa shape index (κ2) is 6.09. The lowest BCUT2D eigenvalue weighted by molar-refractivity contribution is 0.0732. The highest BCUT2D eigenvalue weighted by atomic mass is 16.5. The van der Waals surface area contributed by atoms with Crippen LogP contribution in [0, 0.1) is 6.92 Å². The number of methoxy groups -OCH3 is 1. The van der Waals surface area contributed by atoms with Crippen LogP contribution in [0.3, 0.4) is 0 Å². The molecule has 5 nitrogen and oxygen atoms in total. The smallest absolute Gasteiger partial charge is 0.343 e. The predicted octanol–water partition coefficient (Wildman–Crippen LogP) is 2.32. The van der Waals surface area contributed by atoms with E-state index in [0.29, 0.717) is 11.3 Å². The molecule has 0 unspecified atom stereocenters. The number of hydrogen-bond donors (Lipinski definition) is 1. The number of primary amides is 1. The van der Waals surface area contributed by atoms with Crippen LogP contribution in [0.4, 0.5) is 0 Å². The molecule has 0 atom stereocenters. The number of benzene rings is 2. The van der Waals surface area contributed by atoms with E-state index in [4.69, 9.17) is 15.2 Å². The molecule has 0 aliphatic heterocycles. The monoisotopic (exact) mass is 285 g/mol. The molecule has 0 fully saturated rings. The molecule has 2 rings (SSSR count). The summed E-state index contributed by atoms with van der Waals surface area (Å²) < 4.78 is 10.3. The Labute approximate surface area is 122 Å². The number of aryl methyl sites for hydroxylation is 1. The maximum Gasteiger partial charge on any atom is 0.343 e. The topological polar surface area (TPSA) is 78.6 Å².